The lowest BCUT2D eigenvalue weighted by Gasteiger charge is -2.19. The van der Waals surface area contributed by atoms with E-state index in [0.717, 1.165) is 38.5 Å². The minimum absolute atomic E-state index is 0. The third-order valence-corrected chi connectivity index (χ3v) is 3.07. The Morgan fingerprint density at radius 2 is 1.94 bits per heavy atom. The van der Waals surface area contributed by atoms with Gasteiger partial charge in [-0.3, -0.25) is 4.90 Å². The van der Waals surface area contributed by atoms with Crippen molar-refractivity contribution in [2.24, 2.45) is 0 Å². The van der Waals surface area contributed by atoms with E-state index in [1.165, 1.54) is 18.5 Å². The lowest BCUT2D eigenvalue weighted by molar-refractivity contribution is 0.284. The molecule has 0 saturated carbocycles. The Kier molecular flexibility index (Phi) is 7.09. The Morgan fingerprint density at radius 3 is 2.67 bits per heavy atom. The molecule has 0 atom stereocenters. The Bertz CT molecular complexity index is 321. The van der Waals surface area contributed by atoms with Crippen LogP contribution in [0.5, 0.6) is 5.75 Å². The van der Waals surface area contributed by atoms with Gasteiger partial charge in [0.25, 0.3) is 0 Å². The standard InChI is InChI=1S/C14H22N2O.ClH/c1-2-17-14-6-4-13(5-7-14)12-16-10-3-8-15-9-11-16;/h4-7,15H,2-3,8-12H2,1H3;1H. The molecule has 1 aromatic rings. The number of hydrogen-bond acceptors (Lipinski definition) is 3. The van der Waals surface area contributed by atoms with Crippen molar-refractivity contribution in [2.45, 2.75) is 19.9 Å². The van der Waals surface area contributed by atoms with Crippen LogP contribution < -0.4 is 10.1 Å². The molecule has 18 heavy (non-hydrogen) atoms. The van der Waals surface area contributed by atoms with Crippen LogP contribution in [0.2, 0.25) is 0 Å². The first-order chi connectivity index (χ1) is 8.38. The van der Waals surface area contributed by atoms with E-state index in [4.69, 9.17) is 4.74 Å². The highest BCUT2D eigenvalue weighted by atomic mass is 35.5. The quantitative estimate of drug-likeness (QED) is 0.909. The number of halogens is 1. The highest BCUT2D eigenvalue weighted by Crippen LogP contribution is 2.14. The second-order valence-electron chi connectivity index (χ2n) is 4.46. The summed E-state index contributed by atoms with van der Waals surface area (Å²) in [5.74, 6) is 0.966. The summed E-state index contributed by atoms with van der Waals surface area (Å²) < 4.78 is 5.45. The summed E-state index contributed by atoms with van der Waals surface area (Å²) in [5, 5.41) is 3.43. The van der Waals surface area contributed by atoms with Crippen molar-refractivity contribution in [3.63, 3.8) is 0 Å². The van der Waals surface area contributed by atoms with Gasteiger partial charge in [0.2, 0.25) is 0 Å². The largest absolute Gasteiger partial charge is 0.494 e. The van der Waals surface area contributed by atoms with E-state index in [0.29, 0.717) is 0 Å². The highest BCUT2D eigenvalue weighted by Gasteiger charge is 2.08. The molecule has 4 heteroatoms. The van der Waals surface area contributed by atoms with E-state index in [1.807, 2.05) is 6.92 Å². The summed E-state index contributed by atoms with van der Waals surface area (Å²) in [6.45, 7) is 8.40. The smallest absolute Gasteiger partial charge is 0.119 e. The van der Waals surface area contributed by atoms with Gasteiger partial charge in [-0.1, -0.05) is 12.1 Å². The normalized spacial score (nSPS) is 16.7. The number of rotatable bonds is 4. The lowest BCUT2D eigenvalue weighted by atomic mass is 10.2. The topological polar surface area (TPSA) is 24.5 Å². The predicted molar refractivity (Wildman–Crippen MR) is 77.6 cm³/mol. The second-order valence-corrected chi connectivity index (χ2v) is 4.46. The molecule has 1 aliphatic heterocycles. The van der Waals surface area contributed by atoms with Crippen molar-refractivity contribution >= 4 is 12.4 Å². The van der Waals surface area contributed by atoms with Gasteiger partial charge in [-0.2, -0.15) is 0 Å². The van der Waals surface area contributed by atoms with Crippen LogP contribution in [0, 0.1) is 0 Å². The van der Waals surface area contributed by atoms with Gasteiger partial charge >= 0.3 is 0 Å². The van der Waals surface area contributed by atoms with E-state index in [1.54, 1.807) is 0 Å². The second kappa shape index (κ2) is 8.35. The molecule has 0 aliphatic carbocycles. The molecule has 1 N–H and O–H groups in total. The highest BCUT2D eigenvalue weighted by molar-refractivity contribution is 5.85. The summed E-state index contributed by atoms with van der Waals surface area (Å²) in [6, 6.07) is 8.47. The fourth-order valence-corrected chi connectivity index (χ4v) is 2.18. The monoisotopic (exact) mass is 270 g/mol. The summed E-state index contributed by atoms with van der Waals surface area (Å²) in [6.07, 6.45) is 1.25. The first-order valence-corrected chi connectivity index (χ1v) is 6.53. The molecular weight excluding hydrogens is 248 g/mol. The number of hydrogen-bond donors (Lipinski definition) is 1. The molecule has 2 rings (SSSR count). The Hall–Kier alpha value is -0.770. The maximum Gasteiger partial charge on any atom is 0.119 e. The van der Waals surface area contributed by atoms with Gasteiger partial charge in [0, 0.05) is 19.6 Å². The van der Waals surface area contributed by atoms with Crippen LogP contribution in [0.4, 0.5) is 0 Å². The molecular formula is C14H23ClN2O. The summed E-state index contributed by atoms with van der Waals surface area (Å²) in [4.78, 5) is 2.51. The van der Waals surface area contributed by atoms with Gasteiger partial charge in [0.15, 0.2) is 0 Å². The van der Waals surface area contributed by atoms with Gasteiger partial charge in [0.05, 0.1) is 6.61 Å². The van der Waals surface area contributed by atoms with Crippen LogP contribution in [-0.2, 0) is 6.54 Å². The maximum atomic E-state index is 5.45. The zero-order valence-electron chi connectivity index (χ0n) is 11.0. The molecule has 0 unspecified atom stereocenters. The van der Waals surface area contributed by atoms with Gasteiger partial charge in [-0.05, 0) is 44.1 Å². The van der Waals surface area contributed by atoms with Crippen molar-refractivity contribution in [2.75, 3.05) is 32.8 Å². The van der Waals surface area contributed by atoms with Crippen LogP contribution in [0.1, 0.15) is 18.9 Å². The number of ether oxygens (including phenoxy) is 1. The molecule has 1 saturated heterocycles. The molecule has 0 aromatic heterocycles. The molecule has 0 radical (unpaired) electrons. The minimum atomic E-state index is 0. The lowest BCUT2D eigenvalue weighted by Crippen LogP contribution is -2.27. The molecule has 102 valence electrons. The van der Waals surface area contributed by atoms with Crippen molar-refractivity contribution < 1.29 is 4.74 Å². The van der Waals surface area contributed by atoms with Crippen LogP contribution in [0.15, 0.2) is 24.3 Å². The zero-order chi connectivity index (χ0) is 11.9. The molecule has 0 spiro atoms. The van der Waals surface area contributed by atoms with E-state index in [-0.39, 0.29) is 12.4 Å². The van der Waals surface area contributed by atoms with E-state index in [9.17, 15) is 0 Å². The van der Waals surface area contributed by atoms with Gasteiger partial charge in [-0.15, -0.1) is 12.4 Å². The summed E-state index contributed by atoms with van der Waals surface area (Å²) in [7, 11) is 0. The SMILES string of the molecule is CCOc1ccc(CN2CCCNCC2)cc1.Cl. The predicted octanol–water partition coefficient (Wildman–Crippen LogP) is 2.30. The average Bonchev–Trinajstić information content (AvgIpc) is 2.61. The molecule has 1 aliphatic rings. The van der Waals surface area contributed by atoms with Gasteiger partial charge in [-0.25, -0.2) is 0 Å². The van der Waals surface area contributed by atoms with Crippen molar-refractivity contribution in [1.82, 2.24) is 10.2 Å². The van der Waals surface area contributed by atoms with Crippen molar-refractivity contribution in [3.8, 4) is 5.75 Å². The average molecular weight is 271 g/mol. The third-order valence-electron chi connectivity index (χ3n) is 3.07. The molecule has 1 aromatic carbocycles. The van der Waals surface area contributed by atoms with Crippen molar-refractivity contribution in [3.05, 3.63) is 29.8 Å². The van der Waals surface area contributed by atoms with E-state index >= 15 is 0 Å². The van der Waals surface area contributed by atoms with Crippen LogP contribution in [-0.4, -0.2) is 37.7 Å². The van der Waals surface area contributed by atoms with Crippen LogP contribution >= 0.6 is 12.4 Å². The molecule has 0 bridgehead atoms. The molecule has 3 nitrogen and oxygen atoms in total. The zero-order valence-corrected chi connectivity index (χ0v) is 11.8. The van der Waals surface area contributed by atoms with E-state index < -0.39 is 0 Å². The first-order valence-electron chi connectivity index (χ1n) is 6.53. The van der Waals surface area contributed by atoms with Gasteiger partial charge < -0.3 is 10.1 Å². The first kappa shape index (κ1) is 15.3. The molecule has 1 fully saturated rings. The number of benzene rings is 1. The van der Waals surface area contributed by atoms with E-state index in [2.05, 4.69) is 34.5 Å². The minimum Gasteiger partial charge on any atom is -0.494 e. The molecule has 0 amide bonds. The summed E-state index contributed by atoms with van der Waals surface area (Å²) >= 11 is 0. The fraction of sp³-hybridized carbons (Fsp3) is 0.571. The number of nitrogens with zero attached hydrogens (tertiary/aromatic N) is 1. The Balaban J connectivity index is 0.00000162. The van der Waals surface area contributed by atoms with Crippen molar-refractivity contribution in [1.29, 1.82) is 0 Å². The fourth-order valence-electron chi connectivity index (χ4n) is 2.18. The van der Waals surface area contributed by atoms with Gasteiger partial charge in [0.1, 0.15) is 5.75 Å². The third kappa shape index (κ3) is 4.84. The maximum absolute atomic E-state index is 5.45. The van der Waals surface area contributed by atoms with Crippen LogP contribution in [0.3, 0.4) is 0 Å². The van der Waals surface area contributed by atoms with Crippen LogP contribution in [0.25, 0.3) is 0 Å². The molecule has 1 heterocycles. The number of nitrogens with one attached hydrogen (secondary N) is 1. The summed E-state index contributed by atoms with van der Waals surface area (Å²) in [5.41, 5.74) is 1.37. The Labute approximate surface area is 116 Å². The Morgan fingerprint density at radius 1 is 1.17 bits per heavy atom.